The molecule has 0 aliphatic carbocycles. The molecule has 3 atom stereocenters. The Balaban J connectivity index is 2.55. The van der Waals surface area contributed by atoms with Crippen LogP contribution in [-0.4, -0.2) is 59.6 Å². The molecule has 0 saturated carbocycles. The first-order valence-electron chi connectivity index (χ1n) is 8.72. The molecule has 152 valence electrons. The Morgan fingerprint density at radius 3 is 2.39 bits per heavy atom. The molecular formula is C20H24O8. The van der Waals surface area contributed by atoms with Crippen LogP contribution < -0.4 is 9.47 Å². The van der Waals surface area contributed by atoms with Crippen LogP contribution in [0.5, 0.6) is 17.2 Å². The molecule has 0 unspecified atom stereocenters. The molecule has 0 fully saturated rings. The molecule has 0 bridgehead atoms. The maximum atomic E-state index is 12.7. The number of carbonyl (C=O) groups excluding carboxylic acids is 2. The molecule has 1 aromatic rings. The topological polar surface area (TPSA) is 123 Å². The zero-order valence-electron chi connectivity index (χ0n) is 15.9. The third kappa shape index (κ3) is 4.71. The lowest BCUT2D eigenvalue weighted by molar-refractivity contribution is -0.127. The summed E-state index contributed by atoms with van der Waals surface area (Å²) in [5.41, 5.74) is 0.154. The lowest BCUT2D eigenvalue weighted by Crippen LogP contribution is -2.32. The molecule has 1 aromatic carbocycles. The smallest absolute Gasteiger partial charge is 0.342 e. The first kappa shape index (κ1) is 21.5. The number of aromatic hydroxyl groups is 1. The Hall–Kier alpha value is -2.84. The number of methoxy groups -OCH3 is 2. The first-order chi connectivity index (χ1) is 13.3. The van der Waals surface area contributed by atoms with Gasteiger partial charge < -0.3 is 29.5 Å². The molecule has 8 nitrogen and oxygen atoms in total. The number of aliphatic hydroxyl groups is 2. The van der Waals surface area contributed by atoms with E-state index in [0.717, 1.165) is 6.08 Å². The van der Waals surface area contributed by atoms with Crippen LogP contribution in [0.1, 0.15) is 35.7 Å². The zero-order chi connectivity index (χ0) is 20.8. The number of ether oxygens (including phenoxy) is 3. The van der Waals surface area contributed by atoms with Crippen molar-refractivity contribution in [2.24, 2.45) is 0 Å². The molecule has 8 heteroatoms. The third-order valence-electron chi connectivity index (χ3n) is 4.27. The van der Waals surface area contributed by atoms with E-state index in [2.05, 4.69) is 0 Å². The van der Waals surface area contributed by atoms with Gasteiger partial charge in [-0.05, 0) is 31.1 Å². The second-order valence-corrected chi connectivity index (χ2v) is 6.33. The Kier molecular flexibility index (Phi) is 7.19. The molecule has 0 radical (unpaired) electrons. The molecule has 0 aromatic heterocycles. The molecule has 3 N–H and O–H groups in total. The van der Waals surface area contributed by atoms with Gasteiger partial charge in [0.2, 0.25) is 5.75 Å². The van der Waals surface area contributed by atoms with Gasteiger partial charge in [-0.2, -0.15) is 0 Å². The van der Waals surface area contributed by atoms with Gasteiger partial charge in [0, 0.05) is 6.42 Å². The maximum absolute atomic E-state index is 12.7. The van der Waals surface area contributed by atoms with Crippen molar-refractivity contribution in [1.29, 1.82) is 0 Å². The van der Waals surface area contributed by atoms with Crippen LogP contribution in [-0.2, 0) is 9.53 Å². The third-order valence-corrected chi connectivity index (χ3v) is 4.27. The lowest BCUT2D eigenvalue weighted by Gasteiger charge is -2.18. The number of hydrogen-bond acceptors (Lipinski definition) is 8. The van der Waals surface area contributed by atoms with Crippen LogP contribution >= 0.6 is 0 Å². The highest BCUT2D eigenvalue weighted by molar-refractivity contribution is 5.98. The number of rotatable bonds is 2. The molecule has 28 heavy (non-hydrogen) atoms. The Labute approximate surface area is 162 Å². The van der Waals surface area contributed by atoms with E-state index in [1.165, 1.54) is 38.5 Å². The number of phenols is 1. The van der Waals surface area contributed by atoms with Gasteiger partial charge >= 0.3 is 5.97 Å². The minimum atomic E-state index is -1.57. The van der Waals surface area contributed by atoms with Crippen molar-refractivity contribution in [2.75, 3.05) is 14.2 Å². The van der Waals surface area contributed by atoms with Gasteiger partial charge in [0.05, 0.1) is 20.3 Å². The number of fused-ring (bicyclic) bond motifs is 1. The van der Waals surface area contributed by atoms with Gasteiger partial charge in [-0.1, -0.05) is 18.2 Å². The van der Waals surface area contributed by atoms with E-state index in [1.54, 1.807) is 6.92 Å². The lowest BCUT2D eigenvalue weighted by atomic mass is 10.0. The largest absolute Gasteiger partial charge is 0.504 e. The molecule has 1 aliphatic heterocycles. The van der Waals surface area contributed by atoms with E-state index >= 15 is 0 Å². The fraction of sp³-hybridized carbons (Fsp3) is 0.400. The number of esters is 1. The zero-order valence-corrected chi connectivity index (χ0v) is 15.9. The van der Waals surface area contributed by atoms with E-state index in [9.17, 15) is 24.9 Å². The minimum absolute atomic E-state index is 0.0127. The Morgan fingerprint density at radius 1 is 1.07 bits per heavy atom. The van der Waals surface area contributed by atoms with Gasteiger partial charge in [0.25, 0.3) is 0 Å². The molecule has 1 heterocycles. The highest BCUT2D eigenvalue weighted by Crippen LogP contribution is 2.42. The molecule has 0 saturated heterocycles. The number of hydrogen-bond donors (Lipinski definition) is 3. The summed E-state index contributed by atoms with van der Waals surface area (Å²) in [4.78, 5) is 24.5. The van der Waals surface area contributed by atoms with Crippen molar-refractivity contribution in [3.05, 3.63) is 35.4 Å². The van der Waals surface area contributed by atoms with Crippen molar-refractivity contribution in [2.45, 2.75) is 38.1 Å². The Bertz CT molecular complexity index is 796. The van der Waals surface area contributed by atoms with Crippen molar-refractivity contribution in [1.82, 2.24) is 0 Å². The predicted molar refractivity (Wildman–Crippen MR) is 101 cm³/mol. The number of phenolic OH excluding ortho intramolecular Hbond substituents is 1. The second-order valence-electron chi connectivity index (χ2n) is 6.33. The van der Waals surface area contributed by atoms with Gasteiger partial charge in [-0.15, -0.1) is 0 Å². The van der Waals surface area contributed by atoms with E-state index in [-0.39, 0.29) is 35.5 Å². The average Bonchev–Trinajstić information content (AvgIpc) is 2.65. The Morgan fingerprint density at radius 2 is 1.75 bits per heavy atom. The highest BCUT2D eigenvalue weighted by Gasteiger charge is 2.26. The standard InChI is InChI=1S/C20H24O8/c1-11-6-4-8-13(21)17(23)14(22)9-5-7-12-10-15(26-2)19(27-3)18(24)16(12)20(25)28-11/h4-5,7-8,10-11,14,17,22-24H,6,9H2,1-3H3/b7-5?,8-4-/t11-,14-,17+/m0/s1. The van der Waals surface area contributed by atoms with E-state index in [1.807, 2.05) is 0 Å². The normalized spacial score (nSPS) is 24.7. The van der Waals surface area contributed by atoms with Crippen molar-refractivity contribution < 1.29 is 39.1 Å². The van der Waals surface area contributed by atoms with Gasteiger partial charge in [0.15, 0.2) is 17.3 Å². The second kappa shape index (κ2) is 9.38. The summed E-state index contributed by atoms with van der Waals surface area (Å²) in [5.74, 6) is -1.66. The summed E-state index contributed by atoms with van der Waals surface area (Å²) in [5, 5.41) is 30.5. The fourth-order valence-corrected chi connectivity index (χ4v) is 2.76. The van der Waals surface area contributed by atoms with Gasteiger partial charge in [0.1, 0.15) is 17.8 Å². The first-order valence-corrected chi connectivity index (χ1v) is 8.72. The van der Waals surface area contributed by atoms with Crippen molar-refractivity contribution >= 4 is 17.8 Å². The molecule has 1 aliphatic rings. The SMILES string of the molecule is COc1cc2c(c(O)c1OC)C(=O)O[C@@H](C)C/C=C\C(=O)[C@@H](O)[C@@H](O)CC=C2. The van der Waals surface area contributed by atoms with Crippen LogP contribution in [0, 0.1) is 0 Å². The summed E-state index contributed by atoms with van der Waals surface area (Å²) in [7, 11) is 2.71. The summed E-state index contributed by atoms with van der Waals surface area (Å²) >= 11 is 0. The summed E-state index contributed by atoms with van der Waals surface area (Å²) < 4.78 is 15.7. The summed E-state index contributed by atoms with van der Waals surface area (Å²) in [6.07, 6.45) is 2.19. The van der Waals surface area contributed by atoms with Crippen LogP contribution in [0.15, 0.2) is 24.3 Å². The maximum Gasteiger partial charge on any atom is 0.342 e. The van der Waals surface area contributed by atoms with E-state index < -0.39 is 35.8 Å². The number of cyclic esters (lactones) is 1. The summed E-state index contributed by atoms with van der Waals surface area (Å²) in [6, 6.07) is 1.48. The molecule has 0 spiro atoms. The van der Waals surface area contributed by atoms with Crippen molar-refractivity contribution in [3.63, 3.8) is 0 Å². The number of carbonyl (C=O) groups is 2. The number of aliphatic hydroxyl groups excluding tert-OH is 2. The highest BCUT2D eigenvalue weighted by atomic mass is 16.5. The number of benzene rings is 1. The molecule has 0 amide bonds. The van der Waals surface area contributed by atoms with Crippen LogP contribution in [0.3, 0.4) is 0 Å². The summed E-state index contributed by atoms with van der Waals surface area (Å²) in [6.45, 7) is 1.62. The molecular weight excluding hydrogens is 368 g/mol. The molecule has 2 rings (SSSR count). The van der Waals surface area contributed by atoms with Crippen LogP contribution in [0.25, 0.3) is 6.08 Å². The fourth-order valence-electron chi connectivity index (χ4n) is 2.76. The van der Waals surface area contributed by atoms with E-state index in [0.29, 0.717) is 0 Å². The van der Waals surface area contributed by atoms with E-state index in [4.69, 9.17) is 14.2 Å². The number of ketones is 1. The van der Waals surface area contributed by atoms with Crippen LogP contribution in [0.4, 0.5) is 0 Å². The predicted octanol–water partition coefficient (Wildman–Crippen LogP) is 1.61. The van der Waals surface area contributed by atoms with Crippen molar-refractivity contribution in [3.8, 4) is 17.2 Å². The average molecular weight is 392 g/mol. The van der Waals surface area contributed by atoms with Gasteiger partial charge in [-0.3, -0.25) is 4.79 Å². The van der Waals surface area contributed by atoms with Gasteiger partial charge in [-0.25, -0.2) is 4.79 Å². The van der Waals surface area contributed by atoms with Crippen LogP contribution in [0.2, 0.25) is 0 Å². The monoisotopic (exact) mass is 392 g/mol. The minimum Gasteiger partial charge on any atom is -0.504 e. The quantitative estimate of drug-likeness (QED) is 0.649.